The number of nitrogens with zero attached hydrogens (tertiary/aromatic N) is 4. The molecule has 5 rings (SSSR count). The highest BCUT2D eigenvalue weighted by Gasteiger charge is 2.33. The first kappa shape index (κ1) is 23.0. The van der Waals surface area contributed by atoms with Crippen LogP contribution in [0.5, 0.6) is 5.75 Å². The average Bonchev–Trinajstić information content (AvgIpc) is 3.58. The van der Waals surface area contributed by atoms with Gasteiger partial charge < -0.3 is 10.1 Å². The number of carbonyl (C=O) groups excluding carboxylic acids is 1. The smallest absolute Gasteiger partial charge is 0.252 e. The van der Waals surface area contributed by atoms with E-state index in [9.17, 15) is 13.2 Å². The largest absolute Gasteiger partial charge is 0.497 e. The lowest BCUT2D eigenvalue weighted by molar-refractivity contribution is -0.120. The second-order valence-corrected chi connectivity index (χ2v) is 12.1. The van der Waals surface area contributed by atoms with Gasteiger partial charge in [0, 0.05) is 31.1 Å². The maximum Gasteiger partial charge on any atom is 0.252 e. The van der Waals surface area contributed by atoms with Gasteiger partial charge in [0.1, 0.15) is 15.8 Å². The number of nitrogens with one attached hydrogen (secondary N) is 1. The molecule has 0 atom stereocenters. The van der Waals surface area contributed by atoms with Crippen LogP contribution in [0.3, 0.4) is 0 Å². The molecule has 34 heavy (non-hydrogen) atoms. The van der Waals surface area contributed by atoms with Crippen molar-refractivity contribution in [3.63, 3.8) is 0 Å². The van der Waals surface area contributed by atoms with Gasteiger partial charge in [-0.25, -0.2) is 13.4 Å². The monoisotopic (exact) mass is 517 g/mol. The lowest BCUT2D eigenvalue weighted by Crippen LogP contribution is -2.41. The van der Waals surface area contributed by atoms with Gasteiger partial charge in [-0.3, -0.25) is 4.79 Å². The third-order valence-electron chi connectivity index (χ3n) is 5.76. The van der Waals surface area contributed by atoms with Gasteiger partial charge in [-0.1, -0.05) is 17.4 Å². The number of benzene rings is 1. The molecule has 1 fully saturated rings. The number of anilines is 1. The molecule has 0 radical (unpaired) electrons. The maximum absolute atomic E-state index is 13.0. The summed E-state index contributed by atoms with van der Waals surface area (Å²) in [5.74, 6) is 0.847. The van der Waals surface area contributed by atoms with Crippen molar-refractivity contribution in [3.8, 4) is 10.9 Å². The third kappa shape index (κ3) is 4.33. The highest BCUT2D eigenvalue weighted by molar-refractivity contribution is 7.91. The summed E-state index contributed by atoms with van der Waals surface area (Å²) in [5, 5.41) is 9.90. The van der Waals surface area contributed by atoms with E-state index in [-0.39, 0.29) is 11.8 Å². The van der Waals surface area contributed by atoms with Crippen molar-refractivity contribution < 1.29 is 17.9 Å². The number of aromatic nitrogens is 3. The molecule has 0 aliphatic carbocycles. The summed E-state index contributed by atoms with van der Waals surface area (Å²) in [5.41, 5.74) is 1.55. The first-order chi connectivity index (χ1) is 16.3. The minimum absolute atomic E-state index is 0.142. The van der Waals surface area contributed by atoms with Crippen molar-refractivity contribution in [2.75, 3.05) is 25.5 Å². The zero-order valence-electron chi connectivity index (χ0n) is 18.6. The number of amides is 1. The summed E-state index contributed by atoms with van der Waals surface area (Å²) < 4.78 is 35.2. The number of rotatable bonds is 6. The van der Waals surface area contributed by atoms with Gasteiger partial charge in [0.2, 0.25) is 11.0 Å². The number of ether oxygens (including phenoxy) is 1. The fourth-order valence-electron chi connectivity index (χ4n) is 3.97. The highest BCUT2D eigenvalue weighted by atomic mass is 32.2. The molecular formula is C22H23N5O4S3. The van der Waals surface area contributed by atoms with E-state index in [4.69, 9.17) is 4.74 Å². The first-order valence-corrected chi connectivity index (χ1v) is 13.8. The predicted octanol–water partition coefficient (Wildman–Crippen LogP) is 3.90. The van der Waals surface area contributed by atoms with Crippen LogP contribution in [0, 0.1) is 12.8 Å². The van der Waals surface area contributed by atoms with E-state index in [1.807, 2.05) is 25.1 Å². The topological polar surface area (TPSA) is 106 Å². The Hall–Kier alpha value is -2.80. The number of aryl methyl sites for hydroxylation is 1. The van der Waals surface area contributed by atoms with E-state index in [1.165, 1.54) is 27.0 Å². The lowest BCUT2D eigenvalue weighted by atomic mass is 9.97. The molecule has 1 amide bonds. The Kier molecular flexibility index (Phi) is 6.15. The van der Waals surface area contributed by atoms with Gasteiger partial charge in [-0.2, -0.15) is 14.1 Å². The number of piperidine rings is 1. The molecule has 1 aliphatic rings. The minimum atomic E-state index is -3.49. The molecular weight excluding hydrogens is 494 g/mol. The van der Waals surface area contributed by atoms with Crippen LogP contribution in [0.4, 0.5) is 5.82 Å². The van der Waals surface area contributed by atoms with Crippen LogP contribution in [0.1, 0.15) is 18.5 Å². The number of hydrogen-bond donors (Lipinski definition) is 1. The van der Waals surface area contributed by atoms with Gasteiger partial charge in [0.05, 0.1) is 23.0 Å². The Labute approximate surface area is 205 Å². The molecule has 3 aromatic heterocycles. The van der Waals surface area contributed by atoms with Crippen molar-refractivity contribution in [3.05, 3.63) is 47.5 Å². The van der Waals surface area contributed by atoms with Crippen molar-refractivity contribution in [1.82, 2.24) is 19.1 Å². The van der Waals surface area contributed by atoms with Gasteiger partial charge in [0.15, 0.2) is 0 Å². The second-order valence-electron chi connectivity index (χ2n) is 8.01. The number of sulfonamides is 1. The van der Waals surface area contributed by atoms with Crippen molar-refractivity contribution >= 4 is 54.6 Å². The molecule has 1 saturated heterocycles. The van der Waals surface area contributed by atoms with Crippen LogP contribution in [0.15, 0.2) is 46.0 Å². The van der Waals surface area contributed by atoms with Gasteiger partial charge in [0.25, 0.3) is 10.0 Å². The summed E-state index contributed by atoms with van der Waals surface area (Å²) in [6.07, 6.45) is 0.926. The van der Waals surface area contributed by atoms with Crippen LogP contribution in [0.2, 0.25) is 0 Å². The van der Waals surface area contributed by atoms with E-state index in [1.54, 1.807) is 35.4 Å². The molecule has 0 spiro atoms. The Morgan fingerprint density at radius 2 is 2.00 bits per heavy atom. The van der Waals surface area contributed by atoms with Crippen LogP contribution in [-0.2, 0) is 14.8 Å². The number of thiazole rings is 1. The number of thiophene rings is 1. The summed E-state index contributed by atoms with van der Waals surface area (Å²) in [4.78, 5) is 17.7. The Morgan fingerprint density at radius 3 is 2.71 bits per heavy atom. The van der Waals surface area contributed by atoms with Gasteiger partial charge >= 0.3 is 0 Å². The van der Waals surface area contributed by atoms with Crippen LogP contribution in [-0.4, -0.2) is 53.6 Å². The van der Waals surface area contributed by atoms with E-state index < -0.39 is 10.0 Å². The molecule has 178 valence electrons. The Balaban J connectivity index is 1.30. The molecule has 4 aromatic rings. The highest BCUT2D eigenvalue weighted by Crippen LogP contribution is 2.31. The molecule has 1 aliphatic heterocycles. The fourth-order valence-corrected chi connectivity index (χ4v) is 7.50. The number of fused-ring (bicyclic) bond motifs is 1. The van der Waals surface area contributed by atoms with Gasteiger partial charge in [-0.15, -0.1) is 11.3 Å². The van der Waals surface area contributed by atoms with Crippen LogP contribution in [0.25, 0.3) is 15.3 Å². The lowest BCUT2D eigenvalue weighted by Gasteiger charge is -2.30. The van der Waals surface area contributed by atoms with Crippen molar-refractivity contribution in [2.45, 2.75) is 24.0 Å². The molecule has 4 heterocycles. The predicted molar refractivity (Wildman–Crippen MR) is 132 cm³/mol. The van der Waals surface area contributed by atoms with E-state index in [0.29, 0.717) is 41.1 Å². The normalized spacial score (nSPS) is 15.6. The Bertz CT molecular complexity index is 1430. The molecule has 0 unspecified atom stereocenters. The van der Waals surface area contributed by atoms with Crippen LogP contribution >= 0.6 is 22.7 Å². The van der Waals surface area contributed by atoms with Gasteiger partial charge in [-0.05, 0) is 43.3 Å². The minimum Gasteiger partial charge on any atom is -0.497 e. The van der Waals surface area contributed by atoms with Crippen LogP contribution < -0.4 is 10.1 Å². The maximum atomic E-state index is 13.0. The number of methoxy groups -OCH3 is 1. The summed E-state index contributed by atoms with van der Waals surface area (Å²) >= 11 is 2.68. The Morgan fingerprint density at radius 1 is 1.21 bits per heavy atom. The molecule has 12 heteroatoms. The quantitative estimate of drug-likeness (QED) is 0.416. The zero-order chi connectivity index (χ0) is 23.9. The summed E-state index contributed by atoms with van der Waals surface area (Å²) in [7, 11) is -1.88. The van der Waals surface area contributed by atoms with Crippen molar-refractivity contribution in [1.29, 1.82) is 0 Å². The molecule has 0 saturated carbocycles. The first-order valence-electron chi connectivity index (χ1n) is 10.7. The average molecular weight is 518 g/mol. The second kappa shape index (κ2) is 9.10. The standard InChI is InChI=1S/C22H23N5O4S3/c1-14-12-19(27(25-14)22-23-17-13-16(31-2)5-6-18(17)33-22)24-21(28)15-7-9-26(10-8-15)34(29,30)20-4-3-11-32-20/h3-6,11-13,15H,7-10H2,1-2H3,(H,24,28). The van der Waals surface area contributed by atoms with Crippen molar-refractivity contribution in [2.24, 2.45) is 5.92 Å². The number of carbonyl (C=O) groups is 1. The molecule has 1 N–H and O–H groups in total. The molecule has 9 nitrogen and oxygen atoms in total. The van der Waals surface area contributed by atoms with E-state index >= 15 is 0 Å². The third-order valence-corrected chi connectivity index (χ3v) is 10.0. The molecule has 0 bridgehead atoms. The number of hydrogen-bond acceptors (Lipinski definition) is 8. The molecule has 1 aromatic carbocycles. The summed E-state index contributed by atoms with van der Waals surface area (Å²) in [6, 6.07) is 10.8. The zero-order valence-corrected chi connectivity index (χ0v) is 21.0. The SMILES string of the molecule is COc1ccc2sc(-n3nc(C)cc3NC(=O)C3CCN(S(=O)(=O)c4cccs4)CC3)nc2c1. The fraction of sp³-hybridized carbons (Fsp3) is 0.318. The van der Waals surface area contributed by atoms with E-state index in [2.05, 4.69) is 15.4 Å². The summed E-state index contributed by atoms with van der Waals surface area (Å²) in [6.45, 7) is 2.49. The van der Waals surface area contributed by atoms with E-state index in [0.717, 1.165) is 21.7 Å².